The molecule has 1 saturated heterocycles. The Balaban J connectivity index is 1.63. The van der Waals surface area contributed by atoms with E-state index in [-0.39, 0.29) is 17.5 Å². The third kappa shape index (κ3) is 6.42. The van der Waals surface area contributed by atoms with Crippen LogP contribution in [0.5, 0.6) is 5.75 Å². The van der Waals surface area contributed by atoms with Gasteiger partial charge < -0.3 is 25.0 Å². The monoisotopic (exact) mass is 416 g/mol. The SMILES string of the molecule is COc1ccc(C(=O)N/C(=C/c2cccs2)C(=O)NCC[NH+]2CCOCC2)cc1. The quantitative estimate of drug-likeness (QED) is 0.550. The number of methoxy groups -OCH3 is 1. The summed E-state index contributed by atoms with van der Waals surface area (Å²) in [6, 6.07) is 10.5. The highest BCUT2D eigenvalue weighted by Crippen LogP contribution is 2.14. The number of hydrogen-bond acceptors (Lipinski definition) is 5. The number of rotatable bonds is 8. The molecule has 0 bridgehead atoms. The van der Waals surface area contributed by atoms with Crippen LogP contribution in [0.4, 0.5) is 0 Å². The van der Waals surface area contributed by atoms with E-state index >= 15 is 0 Å². The zero-order valence-corrected chi connectivity index (χ0v) is 17.2. The van der Waals surface area contributed by atoms with E-state index in [1.165, 1.54) is 16.2 Å². The number of nitrogens with one attached hydrogen (secondary N) is 3. The second kappa shape index (κ2) is 10.8. The lowest BCUT2D eigenvalue weighted by molar-refractivity contribution is -0.906. The van der Waals surface area contributed by atoms with Gasteiger partial charge >= 0.3 is 0 Å². The number of ether oxygens (including phenoxy) is 2. The summed E-state index contributed by atoms with van der Waals surface area (Å²) < 4.78 is 10.5. The Morgan fingerprint density at radius 1 is 1.21 bits per heavy atom. The Morgan fingerprint density at radius 3 is 2.62 bits per heavy atom. The van der Waals surface area contributed by atoms with E-state index in [2.05, 4.69) is 10.6 Å². The molecular formula is C21H26N3O4S+. The summed E-state index contributed by atoms with van der Waals surface area (Å²) in [5, 5.41) is 7.59. The summed E-state index contributed by atoms with van der Waals surface area (Å²) in [5.41, 5.74) is 0.679. The Hall–Kier alpha value is -2.68. The van der Waals surface area contributed by atoms with Gasteiger partial charge in [-0.15, -0.1) is 11.3 Å². The van der Waals surface area contributed by atoms with Crippen molar-refractivity contribution in [1.29, 1.82) is 0 Å². The first-order valence-corrected chi connectivity index (χ1v) is 10.4. The minimum absolute atomic E-state index is 0.227. The van der Waals surface area contributed by atoms with Gasteiger partial charge in [0.1, 0.15) is 24.5 Å². The molecule has 154 valence electrons. The Labute approximate surface area is 174 Å². The first kappa shape index (κ1) is 21.0. The van der Waals surface area contributed by atoms with Gasteiger partial charge in [-0.1, -0.05) is 6.07 Å². The molecular weight excluding hydrogens is 390 g/mol. The van der Waals surface area contributed by atoms with Crippen molar-refractivity contribution in [3.05, 3.63) is 57.9 Å². The van der Waals surface area contributed by atoms with Crippen LogP contribution in [0.2, 0.25) is 0 Å². The molecule has 1 aliphatic rings. The summed E-state index contributed by atoms with van der Waals surface area (Å²) >= 11 is 1.50. The highest BCUT2D eigenvalue weighted by Gasteiger charge is 2.17. The Bertz CT molecular complexity index is 828. The number of amides is 2. The average Bonchev–Trinajstić information content (AvgIpc) is 3.27. The summed E-state index contributed by atoms with van der Waals surface area (Å²) in [6.07, 6.45) is 1.70. The topological polar surface area (TPSA) is 81.1 Å². The summed E-state index contributed by atoms with van der Waals surface area (Å²) in [5.74, 6) is 0.0246. The van der Waals surface area contributed by atoms with E-state index in [0.29, 0.717) is 17.9 Å². The average molecular weight is 417 g/mol. The number of quaternary nitrogens is 1. The molecule has 0 radical (unpaired) electrons. The fourth-order valence-corrected chi connectivity index (χ4v) is 3.63. The third-order valence-corrected chi connectivity index (χ3v) is 5.46. The maximum absolute atomic E-state index is 12.7. The lowest BCUT2D eigenvalue weighted by Crippen LogP contribution is -3.14. The fourth-order valence-electron chi connectivity index (χ4n) is 2.97. The summed E-state index contributed by atoms with van der Waals surface area (Å²) in [6.45, 7) is 4.77. The van der Waals surface area contributed by atoms with Crippen molar-refractivity contribution in [3.8, 4) is 5.75 Å². The zero-order valence-electron chi connectivity index (χ0n) is 16.4. The van der Waals surface area contributed by atoms with Gasteiger partial charge in [0.15, 0.2) is 0 Å². The van der Waals surface area contributed by atoms with Crippen LogP contribution in [-0.2, 0) is 9.53 Å². The second-order valence-corrected chi connectivity index (χ2v) is 7.60. The van der Waals surface area contributed by atoms with E-state index in [9.17, 15) is 9.59 Å². The molecule has 3 N–H and O–H groups in total. The number of hydrogen-bond donors (Lipinski definition) is 3. The Kier molecular flexibility index (Phi) is 7.80. The first-order chi connectivity index (χ1) is 14.2. The van der Waals surface area contributed by atoms with Gasteiger partial charge in [0.2, 0.25) is 0 Å². The largest absolute Gasteiger partial charge is 0.497 e. The van der Waals surface area contributed by atoms with Crippen LogP contribution in [0.1, 0.15) is 15.2 Å². The molecule has 1 aliphatic heterocycles. The van der Waals surface area contributed by atoms with E-state index in [1.807, 2.05) is 17.5 Å². The molecule has 0 unspecified atom stereocenters. The van der Waals surface area contributed by atoms with Gasteiger partial charge in [0.05, 0.1) is 33.4 Å². The van der Waals surface area contributed by atoms with Crippen molar-refractivity contribution in [2.75, 3.05) is 46.5 Å². The van der Waals surface area contributed by atoms with Gasteiger partial charge in [0, 0.05) is 10.4 Å². The van der Waals surface area contributed by atoms with Crippen molar-refractivity contribution >= 4 is 29.2 Å². The molecule has 1 fully saturated rings. The van der Waals surface area contributed by atoms with Crippen LogP contribution in [-0.4, -0.2) is 58.3 Å². The van der Waals surface area contributed by atoms with Gasteiger partial charge in [-0.25, -0.2) is 0 Å². The molecule has 1 aromatic carbocycles. The van der Waals surface area contributed by atoms with E-state index in [0.717, 1.165) is 37.7 Å². The van der Waals surface area contributed by atoms with Crippen LogP contribution in [0.15, 0.2) is 47.5 Å². The number of morpholine rings is 1. The number of carbonyl (C=O) groups excluding carboxylic acids is 2. The number of carbonyl (C=O) groups is 2. The highest BCUT2D eigenvalue weighted by atomic mass is 32.1. The first-order valence-electron chi connectivity index (χ1n) is 9.56. The number of benzene rings is 1. The van der Waals surface area contributed by atoms with E-state index in [1.54, 1.807) is 37.5 Å². The molecule has 1 aromatic heterocycles. The smallest absolute Gasteiger partial charge is 0.268 e. The van der Waals surface area contributed by atoms with Crippen molar-refractivity contribution in [2.24, 2.45) is 0 Å². The van der Waals surface area contributed by atoms with E-state index < -0.39 is 0 Å². The minimum Gasteiger partial charge on any atom is -0.497 e. The molecule has 0 aliphatic carbocycles. The molecule has 3 rings (SSSR count). The number of thiophene rings is 1. The van der Waals surface area contributed by atoms with Crippen LogP contribution in [0.3, 0.4) is 0 Å². The second-order valence-electron chi connectivity index (χ2n) is 6.62. The van der Waals surface area contributed by atoms with Crippen LogP contribution in [0, 0.1) is 0 Å². The van der Waals surface area contributed by atoms with Gasteiger partial charge in [0.25, 0.3) is 11.8 Å². The zero-order chi connectivity index (χ0) is 20.5. The summed E-state index contributed by atoms with van der Waals surface area (Å²) in [4.78, 5) is 27.7. The molecule has 29 heavy (non-hydrogen) atoms. The van der Waals surface area contributed by atoms with Gasteiger partial charge in [-0.3, -0.25) is 9.59 Å². The standard InChI is InChI=1S/C21H25N3O4S/c1-27-17-6-4-16(5-7-17)20(25)23-19(15-18-3-2-14-29-18)21(26)22-8-9-24-10-12-28-13-11-24/h2-7,14-15H,8-13H2,1H3,(H,22,26)(H,23,25)/p+1/b19-15+. The van der Waals surface area contributed by atoms with Crippen LogP contribution >= 0.6 is 11.3 Å². The van der Waals surface area contributed by atoms with Gasteiger partial charge in [-0.05, 0) is 41.8 Å². The normalized spacial score (nSPS) is 15.0. The highest BCUT2D eigenvalue weighted by molar-refractivity contribution is 7.10. The third-order valence-electron chi connectivity index (χ3n) is 4.64. The molecule has 2 amide bonds. The molecule has 0 saturated carbocycles. The summed E-state index contributed by atoms with van der Waals surface area (Å²) in [7, 11) is 1.57. The molecule has 8 heteroatoms. The maximum Gasteiger partial charge on any atom is 0.268 e. The van der Waals surface area contributed by atoms with Crippen LogP contribution in [0.25, 0.3) is 6.08 Å². The van der Waals surface area contributed by atoms with Crippen LogP contribution < -0.4 is 20.3 Å². The molecule has 0 atom stereocenters. The fraction of sp³-hybridized carbons (Fsp3) is 0.333. The maximum atomic E-state index is 12.7. The van der Waals surface area contributed by atoms with Crippen molar-refractivity contribution < 1.29 is 24.0 Å². The van der Waals surface area contributed by atoms with Gasteiger partial charge in [-0.2, -0.15) is 0 Å². The predicted molar refractivity (Wildman–Crippen MR) is 112 cm³/mol. The van der Waals surface area contributed by atoms with Crippen molar-refractivity contribution in [1.82, 2.24) is 10.6 Å². The van der Waals surface area contributed by atoms with E-state index in [4.69, 9.17) is 9.47 Å². The molecule has 2 aromatic rings. The van der Waals surface area contributed by atoms with Crippen molar-refractivity contribution in [3.63, 3.8) is 0 Å². The lowest BCUT2D eigenvalue weighted by Gasteiger charge is -2.23. The lowest BCUT2D eigenvalue weighted by atomic mass is 10.2. The Morgan fingerprint density at radius 2 is 1.97 bits per heavy atom. The molecule has 7 nitrogen and oxygen atoms in total. The minimum atomic E-state index is -0.343. The molecule has 2 heterocycles. The van der Waals surface area contributed by atoms with Crippen molar-refractivity contribution in [2.45, 2.75) is 0 Å². The molecule has 0 spiro atoms. The predicted octanol–water partition coefficient (Wildman–Crippen LogP) is 0.559.